The first-order valence-corrected chi connectivity index (χ1v) is 15.7. The molecule has 0 spiro atoms. The Kier molecular flexibility index (Phi) is 13.0. The summed E-state index contributed by atoms with van der Waals surface area (Å²) < 4.78 is 34.6. The molecule has 0 aliphatic heterocycles. The normalized spacial score (nSPS) is 11.8. The lowest BCUT2D eigenvalue weighted by atomic mass is 10.1. The number of carbonyl (C=O) groups is 3. The van der Waals surface area contributed by atoms with Crippen LogP contribution in [-0.4, -0.2) is 37.2 Å². The van der Waals surface area contributed by atoms with Gasteiger partial charge in [-0.2, -0.15) is 0 Å². The second-order valence-corrected chi connectivity index (χ2v) is 11.7. The molecule has 13 heteroatoms. The summed E-state index contributed by atoms with van der Waals surface area (Å²) in [6, 6.07) is 19.4. The van der Waals surface area contributed by atoms with Crippen LogP contribution in [0.25, 0.3) is 0 Å². The molecule has 0 fully saturated rings. The number of esters is 1. The monoisotopic (exact) mass is 631 g/mol. The van der Waals surface area contributed by atoms with Crippen LogP contribution in [0, 0.1) is 0 Å². The number of nitrogens with one attached hydrogen (secondary N) is 2. The molecule has 3 aromatic carbocycles. The third-order valence-corrected chi connectivity index (χ3v) is 8.15. The van der Waals surface area contributed by atoms with E-state index in [1.54, 1.807) is 62.4 Å². The van der Waals surface area contributed by atoms with Crippen LogP contribution in [0.4, 0.5) is 16.2 Å². The van der Waals surface area contributed by atoms with Crippen LogP contribution < -0.4 is 16.4 Å². The number of hydrogen-bond acceptors (Lipinski definition) is 9. The summed E-state index contributed by atoms with van der Waals surface area (Å²) in [6.45, 7) is 3.49. The Morgan fingerprint density at radius 1 is 0.884 bits per heavy atom. The number of nitrogen functional groups attached to an aromatic ring is 1. The Morgan fingerprint density at radius 3 is 2.00 bits per heavy atom. The summed E-state index contributed by atoms with van der Waals surface area (Å²) in [5.41, 5.74) is 8.22. The molecule has 0 unspecified atom stereocenters. The van der Waals surface area contributed by atoms with Crippen molar-refractivity contribution in [1.29, 1.82) is 0 Å². The Bertz CT molecular complexity index is 1420. The van der Waals surface area contributed by atoms with Crippen LogP contribution >= 0.6 is 19.2 Å². The number of halogens is 1. The van der Waals surface area contributed by atoms with Gasteiger partial charge in [0.1, 0.15) is 19.3 Å². The Morgan fingerprint density at radius 2 is 1.44 bits per heavy atom. The minimum atomic E-state index is -3.61. The molecule has 0 saturated heterocycles. The largest absolute Gasteiger partial charge is 0.459 e. The maximum atomic E-state index is 13.2. The molecule has 11 nitrogen and oxygen atoms in total. The molecule has 0 radical (unpaired) electrons. The summed E-state index contributed by atoms with van der Waals surface area (Å²) in [6.07, 6.45) is -1.67. The lowest BCUT2D eigenvalue weighted by Gasteiger charge is -2.21. The van der Waals surface area contributed by atoms with Crippen molar-refractivity contribution in [2.24, 2.45) is 0 Å². The molecule has 0 bridgehead atoms. The Labute approximate surface area is 255 Å². The van der Waals surface area contributed by atoms with Crippen LogP contribution in [0.5, 0.6) is 0 Å². The van der Waals surface area contributed by atoms with E-state index in [0.29, 0.717) is 0 Å². The predicted molar refractivity (Wildman–Crippen MR) is 163 cm³/mol. The zero-order valence-corrected chi connectivity index (χ0v) is 25.6. The van der Waals surface area contributed by atoms with Crippen LogP contribution in [0.2, 0.25) is 5.02 Å². The quantitative estimate of drug-likeness (QED) is 0.103. The standard InChI is InChI=1S/C30H35ClN3O8P/c1-3-41-43(38,42-4-2)20-24-25(32)15-23(31)16-26(24)33-28(35)17-27(29(36)39-18-21-11-7-5-8-12-21)34-30(37)40-19-22-13-9-6-10-14-22/h5-16,27H,3-4,17-20,32H2,1-2H3,(H,33,35)(H,34,37)/t27-/m1/s1. The zero-order valence-electron chi connectivity index (χ0n) is 23.9. The molecular formula is C30H35ClN3O8P. The third-order valence-electron chi connectivity index (χ3n) is 5.93. The fourth-order valence-corrected chi connectivity index (χ4v) is 5.99. The molecule has 1 atom stereocenters. The number of carbonyl (C=O) groups excluding carboxylic acids is 3. The van der Waals surface area contributed by atoms with Gasteiger partial charge >= 0.3 is 19.7 Å². The van der Waals surface area contributed by atoms with Gasteiger partial charge in [0, 0.05) is 22.0 Å². The number of ether oxygens (including phenoxy) is 2. The molecule has 0 heterocycles. The van der Waals surface area contributed by atoms with E-state index in [2.05, 4.69) is 10.6 Å². The van der Waals surface area contributed by atoms with Crippen molar-refractivity contribution in [3.8, 4) is 0 Å². The summed E-state index contributed by atoms with van der Waals surface area (Å²) in [5, 5.41) is 5.28. The molecule has 230 valence electrons. The summed E-state index contributed by atoms with van der Waals surface area (Å²) in [7, 11) is -3.61. The van der Waals surface area contributed by atoms with Crippen LogP contribution in [-0.2, 0) is 52.1 Å². The van der Waals surface area contributed by atoms with E-state index in [-0.39, 0.29) is 54.6 Å². The van der Waals surface area contributed by atoms with Gasteiger partial charge in [-0.15, -0.1) is 0 Å². The van der Waals surface area contributed by atoms with Crippen LogP contribution in [0.1, 0.15) is 37.0 Å². The number of hydrogen-bond donors (Lipinski definition) is 3. The second kappa shape index (κ2) is 16.7. The van der Waals surface area contributed by atoms with Crippen molar-refractivity contribution >= 4 is 48.5 Å². The lowest BCUT2D eigenvalue weighted by Crippen LogP contribution is -2.44. The van der Waals surface area contributed by atoms with E-state index in [9.17, 15) is 18.9 Å². The average Bonchev–Trinajstić information content (AvgIpc) is 2.97. The Balaban J connectivity index is 1.77. The van der Waals surface area contributed by atoms with Crippen molar-refractivity contribution in [2.75, 3.05) is 24.3 Å². The number of anilines is 2. The van der Waals surface area contributed by atoms with Gasteiger partial charge in [-0.05, 0) is 37.1 Å². The summed E-state index contributed by atoms with van der Waals surface area (Å²) in [4.78, 5) is 38.9. The fourth-order valence-electron chi connectivity index (χ4n) is 3.98. The lowest BCUT2D eigenvalue weighted by molar-refractivity contribution is -0.148. The molecular weight excluding hydrogens is 597 g/mol. The van der Waals surface area contributed by atoms with Crippen LogP contribution in [0.3, 0.4) is 0 Å². The molecule has 0 aliphatic rings. The van der Waals surface area contributed by atoms with Gasteiger partial charge in [0.2, 0.25) is 5.91 Å². The highest BCUT2D eigenvalue weighted by atomic mass is 35.5. The van der Waals surface area contributed by atoms with Crippen molar-refractivity contribution in [2.45, 2.75) is 45.7 Å². The van der Waals surface area contributed by atoms with Crippen molar-refractivity contribution in [1.82, 2.24) is 5.32 Å². The average molecular weight is 632 g/mol. The zero-order chi connectivity index (χ0) is 31.2. The van der Waals surface area contributed by atoms with E-state index in [0.717, 1.165) is 11.1 Å². The predicted octanol–water partition coefficient (Wildman–Crippen LogP) is 6.06. The number of nitrogens with two attached hydrogens (primary N) is 1. The first-order valence-electron chi connectivity index (χ1n) is 13.6. The number of alkyl carbamates (subject to hydrolysis) is 1. The Hall–Kier alpha value is -3.89. The van der Waals surface area contributed by atoms with Gasteiger partial charge in [-0.25, -0.2) is 9.59 Å². The van der Waals surface area contributed by atoms with E-state index < -0.39 is 38.0 Å². The van der Waals surface area contributed by atoms with E-state index >= 15 is 0 Å². The van der Waals surface area contributed by atoms with Gasteiger partial charge in [0.25, 0.3) is 0 Å². The number of benzene rings is 3. The second-order valence-electron chi connectivity index (χ2n) is 9.23. The smallest absolute Gasteiger partial charge is 0.408 e. The number of amides is 2. The molecule has 0 saturated carbocycles. The maximum Gasteiger partial charge on any atom is 0.408 e. The molecule has 4 N–H and O–H groups in total. The third kappa shape index (κ3) is 11.0. The fraction of sp³-hybridized carbons (Fsp3) is 0.300. The maximum absolute atomic E-state index is 13.2. The van der Waals surface area contributed by atoms with Crippen molar-refractivity contribution < 1.29 is 37.5 Å². The minimum Gasteiger partial charge on any atom is -0.459 e. The van der Waals surface area contributed by atoms with Crippen molar-refractivity contribution in [3.63, 3.8) is 0 Å². The molecule has 43 heavy (non-hydrogen) atoms. The summed E-state index contributed by atoms with van der Waals surface area (Å²) in [5.74, 6) is -1.53. The minimum absolute atomic E-state index is 0.0461. The van der Waals surface area contributed by atoms with E-state index in [4.69, 9.17) is 35.9 Å². The molecule has 3 aromatic rings. The van der Waals surface area contributed by atoms with E-state index in [1.807, 2.05) is 12.1 Å². The molecule has 0 aromatic heterocycles. The van der Waals surface area contributed by atoms with Crippen LogP contribution in [0.15, 0.2) is 72.8 Å². The highest BCUT2D eigenvalue weighted by molar-refractivity contribution is 7.53. The molecule has 3 rings (SSSR count). The first-order chi connectivity index (χ1) is 20.6. The molecule has 2 amide bonds. The van der Waals surface area contributed by atoms with Gasteiger partial charge in [-0.1, -0.05) is 72.3 Å². The van der Waals surface area contributed by atoms with Gasteiger partial charge < -0.3 is 34.9 Å². The van der Waals surface area contributed by atoms with Gasteiger partial charge in [0.15, 0.2) is 0 Å². The first kappa shape index (κ1) is 33.6. The summed E-state index contributed by atoms with van der Waals surface area (Å²) >= 11 is 6.20. The number of rotatable bonds is 15. The van der Waals surface area contributed by atoms with Gasteiger partial charge in [0.05, 0.1) is 25.8 Å². The highest BCUT2D eigenvalue weighted by Gasteiger charge is 2.30. The van der Waals surface area contributed by atoms with E-state index in [1.165, 1.54) is 12.1 Å². The van der Waals surface area contributed by atoms with Crippen molar-refractivity contribution in [3.05, 3.63) is 94.5 Å². The SMILES string of the molecule is CCOP(=O)(Cc1c(N)cc(Cl)cc1NC(=O)C[C@@H](NC(=O)OCc1ccccc1)C(=O)OCc1ccccc1)OCC. The molecule has 0 aliphatic carbocycles. The van der Waals surface area contributed by atoms with Gasteiger partial charge in [-0.3, -0.25) is 9.36 Å². The highest BCUT2D eigenvalue weighted by Crippen LogP contribution is 2.53. The topological polar surface area (TPSA) is 155 Å².